The first-order valence-electron chi connectivity index (χ1n) is 11.1. The third-order valence-corrected chi connectivity index (χ3v) is 6.46. The maximum Gasteiger partial charge on any atom is 0.257 e. The number of aryl methyl sites for hydroxylation is 1. The van der Waals surface area contributed by atoms with E-state index in [9.17, 15) is 9.18 Å². The Labute approximate surface area is 188 Å². The van der Waals surface area contributed by atoms with Crippen molar-refractivity contribution in [3.8, 4) is 0 Å². The Hall–Kier alpha value is -3.31. The van der Waals surface area contributed by atoms with Crippen molar-refractivity contribution < 1.29 is 9.18 Å². The summed E-state index contributed by atoms with van der Waals surface area (Å²) in [5, 5.41) is 6.40. The van der Waals surface area contributed by atoms with E-state index in [4.69, 9.17) is 5.10 Å². The van der Waals surface area contributed by atoms with Crippen LogP contribution < -0.4 is 0 Å². The van der Waals surface area contributed by atoms with Gasteiger partial charge >= 0.3 is 0 Å². The lowest BCUT2D eigenvalue weighted by atomic mass is 9.95. The Balaban J connectivity index is 1.41. The van der Waals surface area contributed by atoms with Crippen molar-refractivity contribution in [3.05, 3.63) is 106 Å². The Morgan fingerprint density at radius 1 is 1.00 bits per heavy atom. The number of hydrogen-bond donors (Lipinski definition) is 0. The highest BCUT2D eigenvalue weighted by atomic mass is 19.1. The zero-order valence-corrected chi connectivity index (χ0v) is 18.2. The molecule has 1 amide bonds. The highest BCUT2D eigenvalue weighted by Crippen LogP contribution is 2.34. The van der Waals surface area contributed by atoms with E-state index in [2.05, 4.69) is 48.2 Å². The van der Waals surface area contributed by atoms with E-state index in [0.29, 0.717) is 13.0 Å². The monoisotopic (exact) mass is 427 g/mol. The molecule has 2 heterocycles. The summed E-state index contributed by atoms with van der Waals surface area (Å²) in [6, 6.07) is 22.8. The first-order chi connectivity index (χ1) is 15.6. The molecule has 4 nitrogen and oxygen atoms in total. The predicted octanol–water partition coefficient (Wildman–Crippen LogP) is 4.87. The van der Waals surface area contributed by atoms with Gasteiger partial charge in [0.15, 0.2) is 0 Å². The Morgan fingerprint density at radius 3 is 2.50 bits per heavy atom. The molecule has 3 aromatic rings. The number of benzene rings is 3. The topological polar surface area (TPSA) is 35.9 Å². The fourth-order valence-electron chi connectivity index (χ4n) is 4.71. The van der Waals surface area contributed by atoms with Gasteiger partial charge in [-0.25, -0.2) is 9.40 Å². The molecule has 0 bridgehead atoms. The molecule has 0 N–H and O–H groups in total. The van der Waals surface area contributed by atoms with Crippen LogP contribution in [-0.4, -0.2) is 34.6 Å². The zero-order valence-electron chi connectivity index (χ0n) is 18.2. The van der Waals surface area contributed by atoms with Crippen LogP contribution in [0.2, 0.25) is 0 Å². The molecule has 162 valence electrons. The zero-order chi connectivity index (χ0) is 22.1. The predicted molar refractivity (Wildman–Crippen MR) is 124 cm³/mol. The summed E-state index contributed by atoms with van der Waals surface area (Å²) in [7, 11) is 0. The third-order valence-electron chi connectivity index (χ3n) is 6.46. The molecule has 0 unspecified atom stereocenters. The lowest BCUT2D eigenvalue weighted by Gasteiger charge is -2.30. The fraction of sp³-hybridized carbons (Fsp3) is 0.259. The van der Waals surface area contributed by atoms with Gasteiger partial charge in [0.1, 0.15) is 5.82 Å². The second-order valence-corrected chi connectivity index (χ2v) is 8.60. The van der Waals surface area contributed by atoms with Gasteiger partial charge in [-0.15, -0.1) is 0 Å². The van der Waals surface area contributed by atoms with Gasteiger partial charge in [0.05, 0.1) is 18.3 Å². The van der Waals surface area contributed by atoms with Crippen molar-refractivity contribution in [1.82, 2.24) is 9.91 Å². The minimum Gasteiger partial charge on any atom is -0.290 e. The molecule has 3 aromatic carbocycles. The minimum atomic E-state index is -0.277. The van der Waals surface area contributed by atoms with Crippen LogP contribution in [-0.2, 0) is 17.8 Å². The van der Waals surface area contributed by atoms with E-state index in [1.54, 1.807) is 17.1 Å². The van der Waals surface area contributed by atoms with Crippen LogP contribution in [0.15, 0.2) is 77.9 Å². The molecule has 0 aliphatic carbocycles. The molecule has 0 aromatic heterocycles. The average Bonchev–Trinajstić information content (AvgIpc) is 3.25. The molecule has 1 atom stereocenters. The number of amides is 1. The molecule has 32 heavy (non-hydrogen) atoms. The van der Waals surface area contributed by atoms with Crippen molar-refractivity contribution in [3.63, 3.8) is 0 Å². The van der Waals surface area contributed by atoms with Gasteiger partial charge in [-0.05, 0) is 53.3 Å². The van der Waals surface area contributed by atoms with E-state index >= 15 is 0 Å². The highest BCUT2D eigenvalue weighted by molar-refractivity contribution is 6.03. The molecule has 0 saturated carbocycles. The van der Waals surface area contributed by atoms with E-state index in [1.165, 1.54) is 23.3 Å². The van der Waals surface area contributed by atoms with Crippen molar-refractivity contribution >= 4 is 11.6 Å². The number of halogens is 1. The van der Waals surface area contributed by atoms with E-state index in [0.717, 1.165) is 41.9 Å². The Bertz CT molecular complexity index is 1170. The summed E-state index contributed by atoms with van der Waals surface area (Å²) >= 11 is 0. The highest BCUT2D eigenvalue weighted by Gasteiger charge is 2.34. The SMILES string of the molecule is Cc1ccccc1[C@@H]1CC(c2ccc(F)cc2)=NN1C(=O)CN1CCc2ccccc2C1. The van der Waals surface area contributed by atoms with Crippen molar-refractivity contribution in [1.29, 1.82) is 0 Å². The summed E-state index contributed by atoms with van der Waals surface area (Å²) in [4.78, 5) is 15.7. The fourth-order valence-corrected chi connectivity index (χ4v) is 4.71. The van der Waals surface area contributed by atoms with Gasteiger partial charge in [-0.3, -0.25) is 9.69 Å². The van der Waals surface area contributed by atoms with Gasteiger partial charge in [0.2, 0.25) is 0 Å². The molecule has 2 aliphatic heterocycles. The first-order valence-corrected chi connectivity index (χ1v) is 11.1. The van der Waals surface area contributed by atoms with Crippen LogP contribution in [0, 0.1) is 12.7 Å². The van der Waals surface area contributed by atoms with Crippen molar-refractivity contribution in [2.75, 3.05) is 13.1 Å². The maximum absolute atomic E-state index is 13.5. The molecule has 0 fully saturated rings. The molecule has 0 spiro atoms. The van der Waals surface area contributed by atoms with Crippen LogP contribution in [0.25, 0.3) is 0 Å². The second kappa shape index (κ2) is 8.67. The molecular weight excluding hydrogens is 401 g/mol. The van der Waals surface area contributed by atoms with Gasteiger partial charge in [-0.2, -0.15) is 5.10 Å². The molecule has 5 heteroatoms. The first kappa shape index (κ1) is 20.6. The smallest absolute Gasteiger partial charge is 0.257 e. The summed E-state index contributed by atoms with van der Waals surface area (Å²) in [6.07, 6.45) is 1.57. The van der Waals surface area contributed by atoms with E-state index in [1.807, 2.05) is 12.1 Å². The van der Waals surface area contributed by atoms with Gasteiger partial charge < -0.3 is 0 Å². The Morgan fingerprint density at radius 2 is 1.72 bits per heavy atom. The summed E-state index contributed by atoms with van der Waals surface area (Å²) < 4.78 is 13.4. The number of nitrogens with zero attached hydrogens (tertiary/aromatic N) is 3. The van der Waals surface area contributed by atoms with Crippen molar-refractivity contribution in [2.24, 2.45) is 5.10 Å². The third kappa shape index (κ3) is 4.08. The lowest BCUT2D eigenvalue weighted by molar-refractivity contribution is -0.134. The molecular formula is C27H26FN3O. The molecule has 5 rings (SSSR count). The average molecular weight is 428 g/mol. The lowest BCUT2D eigenvalue weighted by Crippen LogP contribution is -2.40. The summed E-state index contributed by atoms with van der Waals surface area (Å²) in [5.74, 6) is -0.282. The molecule has 0 saturated heterocycles. The maximum atomic E-state index is 13.5. The van der Waals surface area contributed by atoms with Crippen LogP contribution in [0.4, 0.5) is 4.39 Å². The number of fused-ring (bicyclic) bond motifs is 1. The number of rotatable bonds is 4. The number of carbonyl (C=O) groups is 1. The van der Waals surface area contributed by atoms with Crippen molar-refractivity contribution in [2.45, 2.75) is 32.4 Å². The standard InChI is InChI=1S/C27H26FN3O/c1-19-6-2-5-9-24(19)26-16-25(21-10-12-23(28)13-11-21)29-31(26)27(32)18-30-15-14-20-7-3-4-8-22(20)17-30/h2-13,26H,14-18H2,1H3/t26-/m0/s1. The summed E-state index contributed by atoms with van der Waals surface area (Å²) in [5.41, 5.74) is 6.57. The van der Waals surface area contributed by atoms with Crippen LogP contribution in [0.5, 0.6) is 0 Å². The summed E-state index contributed by atoms with van der Waals surface area (Å²) in [6.45, 7) is 4.03. The number of hydrogen-bond acceptors (Lipinski definition) is 3. The van der Waals surface area contributed by atoms with E-state index < -0.39 is 0 Å². The van der Waals surface area contributed by atoms with E-state index in [-0.39, 0.29) is 17.8 Å². The molecule has 0 radical (unpaired) electrons. The van der Waals surface area contributed by atoms with Gasteiger partial charge in [0, 0.05) is 19.5 Å². The number of carbonyl (C=O) groups excluding carboxylic acids is 1. The normalized spacial score (nSPS) is 18.4. The van der Waals surface area contributed by atoms with Crippen LogP contribution in [0.3, 0.4) is 0 Å². The molecule has 2 aliphatic rings. The second-order valence-electron chi connectivity index (χ2n) is 8.60. The quantitative estimate of drug-likeness (QED) is 0.596. The van der Waals surface area contributed by atoms with Crippen LogP contribution >= 0.6 is 0 Å². The van der Waals surface area contributed by atoms with Gasteiger partial charge in [0.25, 0.3) is 5.91 Å². The van der Waals surface area contributed by atoms with Gasteiger partial charge in [-0.1, -0.05) is 60.7 Å². The largest absolute Gasteiger partial charge is 0.290 e. The Kier molecular flexibility index (Phi) is 5.58. The number of hydrazone groups is 1. The van der Waals surface area contributed by atoms with Crippen LogP contribution in [0.1, 0.15) is 40.3 Å². The minimum absolute atomic E-state index is 0.00486.